The van der Waals surface area contributed by atoms with E-state index in [0.717, 1.165) is 25.7 Å². The van der Waals surface area contributed by atoms with E-state index in [1.54, 1.807) is 11.8 Å². The van der Waals surface area contributed by atoms with Crippen LogP contribution in [-0.4, -0.2) is 60.8 Å². The van der Waals surface area contributed by atoms with Crippen LogP contribution in [0.5, 0.6) is 0 Å². The molecule has 2 aliphatic rings. The van der Waals surface area contributed by atoms with Gasteiger partial charge in [0.25, 0.3) is 0 Å². The Bertz CT molecular complexity index is 425. The van der Waals surface area contributed by atoms with Crippen molar-refractivity contribution >= 4 is 6.03 Å². The minimum Gasteiger partial charge on any atom is -0.332 e. The van der Waals surface area contributed by atoms with Crippen molar-refractivity contribution in [2.24, 2.45) is 5.92 Å². The van der Waals surface area contributed by atoms with Gasteiger partial charge in [-0.25, -0.2) is 4.79 Å². The lowest BCUT2D eigenvalue weighted by atomic mass is 10.0. The number of hydrogen-bond acceptors (Lipinski definition) is 2. The highest BCUT2D eigenvalue weighted by atomic mass is 19.4. The molecule has 1 aliphatic carbocycles. The molecule has 0 aromatic carbocycles. The lowest BCUT2D eigenvalue weighted by Crippen LogP contribution is -2.44. The van der Waals surface area contributed by atoms with Crippen LogP contribution in [0, 0.1) is 5.92 Å². The maximum Gasteiger partial charge on any atom is 0.401 e. The molecule has 2 atom stereocenters. The van der Waals surface area contributed by atoms with Gasteiger partial charge < -0.3 is 10.2 Å². The molecule has 23 heavy (non-hydrogen) atoms. The third-order valence-corrected chi connectivity index (χ3v) is 4.50. The van der Waals surface area contributed by atoms with Crippen LogP contribution in [0.2, 0.25) is 0 Å². The Balaban J connectivity index is 1.77. The first-order valence-corrected chi connectivity index (χ1v) is 8.38. The number of urea groups is 1. The van der Waals surface area contributed by atoms with E-state index in [2.05, 4.69) is 11.4 Å². The number of nitrogens with zero attached hydrogens (tertiary/aromatic N) is 2. The van der Waals surface area contributed by atoms with Crippen LogP contribution < -0.4 is 5.32 Å². The van der Waals surface area contributed by atoms with Gasteiger partial charge in [-0.1, -0.05) is 19.1 Å². The van der Waals surface area contributed by atoms with Gasteiger partial charge in [-0.15, -0.1) is 0 Å². The van der Waals surface area contributed by atoms with Crippen molar-refractivity contribution in [3.05, 3.63) is 12.2 Å². The lowest BCUT2D eigenvalue weighted by molar-refractivity contribution is -0.146. The Hall–Kier alpha value is -1.24. The Labute approximate surface area is 135 Å². The van der Waals surface area contributed by atoms with E-state index in [0.29, 0.717) is 26.2 Å². The largest absolute Gasteiger partial charge is 0.401 e. The second kappa shape index (κ2) is 8.04. The number of carbonyl (C=O) groups is 1. The van der Waals surface area contributed by atoms with Crippen molar-refractivity contribution in [2.45, 2.75) is 44.8 Å². The Kier molecular flexibility index (Phi) is 6.33. The van der Waals surface area contributed by atoms with Crippen molar-refractivity contribution < 1.29 is 18.0 Å². The van der Waals surface area contributed by atoms with Crippen LogP contribution in [0.25, 0.3) is 0 Å². The quantitative estimate of drug-likeness (QED) is 0.785. The number of carbonyl (C=O) groups excluding carboxylic acids is 1. The summed E-state index contributed by atoms with van der Waals surface area (Å²) in [6.45, 7) is 2.78. The molecule has 1 aliphatic heterocycles. The molecule has 1 N–H and O–H groups in total. The standard InChI is InChI=1S/C16H26F3N3O/c1-2-21(12-16(17,18)19)10-13-8-9-22(11-13)15(23)20-14-6-4-3-5-7-14/h4,6,13-14H,2-3,5,7-12H2,1H3,(H,20,23)/t13-,14+/m0/s1. The zero-order valence-corrected chi connectivity index (χ0v) is 13.6. The highest BCUT2D eigenvalue weighted by molar-refractivity contribution is 5.75. The molecule has 0 bridgehead atoms. The predicted molar refractivity (Wildman–Crippen MR) is 83.2 cm³/mol. The van der Waals surface area contributed by atoms with Crippen LogP contribution in [0.3, 0.4) is 0 Å². The van der Waals surface area contributed by atoms with Crippen molar-refractivity contribution in [3.8, 4) is 0 Å². The topological polar surface area (TPSA) is 35.6 Å². The summed E-state index contributed by atoms with van der Waals surface area (Å²) in [5.41, 5.74) is 0. The summed E-state index contributed by atoms with van der Waals surface area (Å²) < 4.78 is 37.5. The summed E-state index contributed by atoms with van der Waals surface area (Å²) >= 11 is 0. The molecule has 0 saturated carbocycles. The van der Waals surface area contributed by atoms with E-state index in [1.165, 1.54) is 4.90 Å². The Morgan fingerprint density at radius 3 is 2.78 bits per heavy atom. The van der Waals surface area contributed by atoms with Gasteiger partial charge in [-0.3, -0.25) is 4.90 Å². The fourth-order valence-corrected chi connectivity index (χ4v) is 3.27. The Morgan fingerprint density at radius 2 is 2.17 bits per heavy atom. The van der Waals surface area contributed by atoms with Crippen LogP contribution in [0.1, 0.15) is 32.6 Å². The van der Waals surface area contributed by atoms with Crippen LogP contribution in [-0.2, 0) is 0 Å². The fraction of sp³-hybridized carbons (Fsp3) is 0.812. The second-order valence-electron chi connectivity index (χ2n) is 6.46. The van der Waals surface area contributed by atoms with E-state index in [1.807, 2.05) is 6.08 Å². The molecule has 132 valence electrons. The molecule has 0 unspecified atom stereocenters. The smallest absolute Gasteiger partial charge is 0.332 e. The number of alkyl halides is 3. The third-order valence-electron chi connectivity index (χ3n) is 4.50. The average molecular weight is 333 g/mol. The summed E-state index contributed by atoms with van der Waals surface area (Å²) in [5.74, 6) is 0.116. The maximum atomic E-state index is 12.5. The Morgan fingerprint density at radius 1 is 1.39 bits per heavy atom. The summed E-state index contributed by atoms with van der Waals surface area (Å²) in [5, 5.41) is 2.99. The highest BCUT2D eigenvalue weighted by Gasteiger charge is 2.33. The number of halogens is 3. The summed E-state index contributed by atoms with van der Waals surface area (Å²) in [6.07, 6.45) is 3.79. The summed E-state index contributed by atoms with van der Waals surface area (Å²) in [6, 6.07) is -0.00408. The molecule has 1 saturated heterocycles. The number of hydrogen-bond donors (Lipinski definition) is 1. The van der Waals surface area contributed by atoms with Crippen molar-refractivity contribution in [3.63, 3.8) is 0 Å². The van der Waals surface area contributed by atoms with Crippen LogP contribution in [0.4, 0.5) is 18.0 Å². The fourth-order valence-electron chi connectivity index (χ4n) is 3.27. The van der Waals surface area contributed by atoms with E-state index < -0.39 is 12.7 Å². The molecular weight excluding hydrogens is 307 g/mol. The van der Waals surface area contributed by atoms with E-state index in [4.69, 9.17) is 0 Å². The minimum absolute atomic E-state index is 0.0904. The molecule has 4 nitrogen and oxygen atoms in total. The minimum atomic E-state index is -4.17. The first-order valence-electron chi connectivity index (χ1n) is 8.38. The lowest BCUT2D eigenvalue weighted by Gasteiger charge is -2.26. The van der Waals surface area contributed by atoms with Gasteiger partial charge in [0, 0.05) is 25.7 Å². The average Bonchev–Trinajstić information content (AvgIpc) is 2.95. The third kappa shape index (κ3) is 6.05. The SMILES string of the molecule is CCN(C[C@@H]1CCN(C(=O)N[C@@H]2C=CCCC2)C1)CC(F)(F)F. The second-order valence-corrected chi connectivity index (χ2v) is 6.46. The van der Waals surface area contributed by atoms with E-state index in [-0.39, 0.29) is 18.0 Å². The molecule has 2 rings (SSSR count). The number of amides is 2. The van der Waals surface area contributed by atoms with Crippen LogP contribution in [0.15, 0.2) is 12.2 Å². The zero-order chi connectivity index (χ0) is 16.9. The van der Waals surface area contributed by atoms with Gasteiger partial charge in [0.05, 0.1) is 6.54 Å². The zero-order valence-electron chi connectivity index (χ0n) is 13.6. The molecule has 1 fully saturated rings. The number of allylic oxidation sites excluding steroid dienone is 1. The molecule has 2 amide bonds. The predicted octanol–water partition coefficient (Wildman–Crippen LogP) is 3.01. The molecule has 0 aromatic rings. The number of rotatable bonds is 5. The van der Waals surface area contributed by atoms with Crippen molar-refractivity contribution in [1.29, 1.82) is 0 Å². The first kappa shape index (κ1) is 18.1. The van der Waals surface area contributed by atoms with Gasteiger partial charge >= 0.3 is 12.2 Å². The van der Waals surface area contributed by atoms with Gasteiger partial charge in [0.2, 0.25) is 0 Å². The van der Waals surface area contributed by atoms with E-state index in [9.17, 15) is 18.0 Å². The number of likely N-dealkylation sites (tertiary alicyclic amines) is 1. The molecule has 0 radical (unpaired) electrons. The summed E-state index contributed by atoms with van der Waals surface area (Å²) in [4.78, 5) is 15.4. The van der Waals surface area contributed by atoms with Gasteiger partial charge in [0.15, 0.2) is 0 Å². The molecule has 1 heterocycles. The number of nitrogens with one attached hydrogen (secondary N) is 1. The summed E-state index contributed by atoms with van der Waals surface area (Å²) in [7, 11) is 0. The molecular formula is C16H26F3N3O. The van der Waals surface area contributed by atoms with Crippen LogP contribution >= 0.6 is 0 Å². The van der Waals surface area contributed by atoms with E-state index >= 15 is 0 Å². The monoisotopic (exact) mass is 333 g/mol. The maximum absolute atomic E-state index is 12.5. The van der Waals surface area contributed by atoms with Gasteiger partial charge in [0.1, 0.15) is 0 Å². The van der Waals surface area contributed by atoms with Gasteiger partial charge in [-0.2, -0.15) is 13.2 Å². The molecule has 0 spiro atoms. The van der Waals surface area contributed by atoms with Crippen molar-refractivity contribution in [1.82, 2.24) is 15.1 Å². The normalized spacial score (nSPS) is 25.2. The molecule has 7 heteroatoms. The van der Waals surface area contributed by atoms with Crippen molar-refractivity contribution in [2.75, 3.05) is 32.7 Å². The first-order chi connectivity index (χ1) is 10.9. The van der Waals surface area contributed by atoms with Gasteiger partial charge in [-0.05, 0) is 38.1 Å². The highest BCUT2D eigenvalue weighted by Crippen LogP contribution is 2.21. The molecule has 0 aromatic heterocycles.